The van der Waals surface area contributed by atoms with E-state index in [0.717, 1.165) is 19.3 Å². The molecule has 3 nitrogen and oxygen atoms in total. The number of unbranched alkanes of at least 4 members (excludes halogenated alkanes) is 2. The lowest BCUT2D eigenvalue weighted by Crippen LogP contribution is -2.34. The molecule has 0 heterocycles. The summed E-state index contributed by atoms with van der Waals surface area (Å²) in [6.07, 6.45) is 2.93. The van der Waals surface area contributed by atoms with E-state index in [9.17, 15) is 4.79 Å². The molecule has 0 rings (SSSR count). The van der Waals surface area contributed by atoms with Crippen molar-refractivity contribution in [2.45, 2.75) is 45.6 Å². The number of aliphatic hydroxyl groups excluding tert-OH is 1. The average molecular weight is 173 g/mol. The first-order valence-electron chi connectivity index (χ1n) is 4.68. The van der Waals surface area contributed by atoms with Gasteiger partial charge < -0.3 is 10.4 Å². The molecular weight excluding hydrogens is 154 g/mol. The third kappa shape index (κ3) is 5.13. The van der Waals surface area contributed by atoms with Gasteiger partial charge in [0.1, 0.15) is 6.10 Å². The van der Waals surface area contributed by atoms with Crippen LogP contribution in [0.3, 0.4) is 0 Å². The highest BCUT2D eigenvalue weighted by atomic mass is 16.3. The predicted octanol–water partition coefficient (Wildman–Crippen LogP) is 1.06. The first-order valence-corrected chi connectivity index (χ1v) is 4.68. The van der Waals surface area contributed by atoms with Gasteiger partial charge in [-0.25, -0.2) is 0 Å². The summed E-state index contributed by atoms with van der Waals surface area (Å²) in [4.78, 5) is 11.0. The number of hydrogen-bond donors (Lipinski definition) is 2. The fourth-order valence-corrected chi connectivity index (χ4v) is 0.890. The molecule has 0 aromatic rings. The molecule has 1 amide bonds. The van der Waals surface area contributed by atoms with E-state index < -0.39 is 6.10 Å². The van der Waals surface area contributed by atoms with Gasteiger partial charge >= 0.3 is 0 Å². The van der Waals surface area contributed by atoms with Gasteiger partial charge in [-0.1, -0.05) is 26.7 Å². The first-order chi connectivity index (χ1) is 5.72. The molecule has 3 heteroatoms. The van der Waals surface area contributed by atoms with Crippen LogP contribution in [0, 0.1) is 0 Å². The van der Waals surface area contributed by atoms with E-state index in [2.05, 4.69) is 12.2 Å². The van der Waals surface area contributed by atoms with Gasteiger partial charge in [0.25, 0.3) is 0 Å². The Hall–Kier alpha value is -0.570. The van der Waals surface area contributed by atoms with E-state index in [-0.39, 0.29) is 5.91 Å². The minimum absolute atomic E-state index is 0.242. The molecule has 0 aromatic carbocycles. The van der Waals surface area contributed by atoms with Crippen molar-refractivity contribution in [3.63, 3.8) is 0 Å². The molecule has 1 unspecified atom stereocenters. The standard InChI is InChI=1S/C9H19NO2/c1-3-5-6-7-10-9(12)8(11)4-2/h8,11H,3-7H2,1-2H3,(H,10,12). The van der Waals surface area contributed by atoms with Crippen LogP contribution in [0.1, 0.15) is 39.5 Å². The van der Waals surface area contributed by atoms with Crippen LogP contribution in [0.25, 0.3) is 0 Å². The monoisotopic (exact) mass is 173 g/mol. The van der Waals surface area contributed by atoms with Gasteiger partial charge in [0.2, 0.25) is 5.91 Å². The summed E-state index contributed by atoms with van der Waals surface area (Å²) in [7, 11) is 0. The van der Waals surface area contributed by atoms with E-state index in [1.807, 2.05) is 0 Å². The maximum Gasteiger partial charge on any atom is 0.248 e. The van der Waals surface area contributed by atoms with Gasteiger partial charge in [0.05, 0.1) is 0 Å². The van der Waals surface area contributed by atoms with Crippen molar-refractivity contribution in [3.8, 4) is 0 Å². The average Bonchev–Trinajstić information content (AvgIpc) is 2.10. The van der Waals surface area contributed by atoms with Crippen molar-refractivity contribution < 1.29 is 9.90 Å². The molecule has 2 N–H and O–H groups in total. The molecule has 0 saturated heterocycles. The third-order valence-corrected chi connectivity index (χ3v) is 1.77. The Morgan fingerprint density at radius 2 is 2.08 bits per heavy atom. The van der Waals surface area contributed by atoms with E-state index in [1.165, 1.54) is 0 Å². The molecule has 0 aromatic heterocycles. The van der Waals surface area contributed by atoms with Crippen LogP contribution < -0.4 is 5.32 Å². The highest BCUT2D eigenvalue weighted by Crippen LogP contribution is 1.93. The number of amides is 1. The van der Waals surface area contributed by atoms with Gasteiger partial charge in [0, 0.05) is 6.54 Å². The summed E-state index contributed by atoms with van der Waals surface area (Å²) < 4.78 is 0. The lowest BCUT2D eigenvalue weighted by atomic mass is 10.2. The van der Waals surface area contributed by atoms with Crippen molar-refractivity contribution in [2.75, 3.05) is 6.54 Å². The topological polar surface area (TPSA) is 49.3 Å². The molecule has 0 saturated carbocycles. The van der Waals surface area contributed by atoms with Crippen LogP contribution in [0.2, 0.25) is 0 Å². The number of aliphatic hydroxyl groups is 1. The van der Waals surface area contributed by atoms with Crippen molar-refractivity contribution >= 4 is 5.91 Å². The van der Waals surface area contributed by atoms with Crippen molar-refractivity contribution in [1.29, 1.82) is 0 Å². The number of hydrogen-bond acceptors (Lipinski definition) is 2. The first kappa shape index (κ1) is 11.4. The maximum atomic E-state index is 11.0. The molecule has 1 atom stereocenters. The third-order valence-electron chi connectivity index (χ3n) is 1.77. The Morgan fingerprint density at radius 1 is 1.42 bits per heavy atom. The largest absolute Gasteiger partial charge is 0.383 e. The molecule has 0 fully saturated rings. The summed E-state index contributed by atoms with van der Waals surface area (Å²) >= 11 is 0. The highest BCUT2D eigenvalue weighted by Gasteiger charge is 2.10. The van der Waals surface area contributed by atoms with Gasteiger partial charge in [-0.05, 0) is 12.8 Å². The van der Waals surface area contributed by atoms with Gasteiger partial charge in [-0.3, -0.25) is 4.79 Å². The van der Waals surface area contributed by atoms with Crippen LogP contribution in [-0.2, 0) is 4.79 Å². The van der Waals surface area contributed by atoms with E-state index >= 15 is 0 Å². The second-order valence-electron chi connectivity index (χ2n) is 2.92. The predicted molar refractivity (Wildman–Crippen MR) is 48.8 cm³/mol. The molecule has 0 aliphatic carbocycles. The molecule has 0 bridgehead atoms. The summed E-state index contributed by atoms with van der Waals surface area (Å²) in [6.45, 7) is 4.59. The normalized spacial score (nSPS) is 12.6. The molecular formula is C9H19NO2. The Kier molecular flexibility index (Phi) is 6.76. The molecule has 0 aliphatic rings. The van der Waals surface area contributed by atoms with Gasteiger partial charge in [-0.2, -0.15) is 0 Å². The fraction of sp³-hybridized carbons (Fsp3) is 0.889. The highest BCUT2D eigenvalue weighted by molar-refractivity contribution is 5.80. The SMILES string of the molecule is CCCCCNC(=O)C(O)CC. The lowest BCUT2D eigenvalue weighted by molar-refractivity contribution is -0.129. The Morgan fingerprint density at radius 3 is 2.58 bits per heavy atom. The second kappa shape index (κ2) is 7.10. The smallest absolute Gasteiger partial charge is 0.248 e. The Bertz CT molecular complexity index is 126. The fourth-order valence-electron chi connectivity index (χ4n) is 0.890. The second-order valence-corrected chi connectivity index (χ2v) is 2.92. The zero-order valence-electron chi connectivity index (χ0n) is 7.97. The number of rotatable bonds is 6. The van der Waals surface area contributed by atoms with Crippen LogP contribution in [0.15, 0.2) is 0 Å². The minimum Gasteiger partial charge on any atom is -0.383 e. The van der Waals surface area contributed by atoms with Crippen LogP contribution >= 0.6 is 0 Å². The zero-order valence-corrected chi connectivity index (χ0v) is 7.97. The summed E-state index contributed by atoms with van der Waals surface area (Å²) in [5, 5.41) is 11.8. The van der Waals surface area contributed by atoms with Crippen molar-refractivity contribution in [2.24, 2.45) is 0 Å². The van der Waals surface area contributed by atoms with Crippen molar-refractivity contribution in [1.82, 2.24) is 5.32 Å². The number of carbonyl (C=O) groups excluding carboxylic acids is 1. The number of carbonyl (C=O) groups is 1. The summed E-state index contributed by atoms with van der Waals surface area (Å²) in [5.74, 6) is -0.242. The quantitative estimate of drug-likeness (QED) is 0.590. The van der Waals surface area contributed by atoms with Crippen molar-refractivity contribution in [3.05, 3.63) is 0 Å². The molecule has 0 radical (unpaired) electrons. The van der Waals surface area contributed by atoms with Crippen LogP contribution in [-0.4, -0.2) is 23.7 Å². The molecule has 12 heavy (non-hydrogen) atoms. The van der Waals surface area contributed by atoms with Crippen LogP contribution in [0.4, 0.5) is 0 Å². The molecule has 72 valence electrons. The van der Waals surface area contributed by atoms with E-state index in [1.54, 1.807) is 6.92 Å². The van der Waals surface area contributed by atoms with Gasteiger partial charge in [-0.15, -0.1) is 0 Å². The number of nitrogens with one attached hydrogen (secondary N) is 1. The maximum absolute atomic E-state index is 11.0. The molecule has 0 aliphatic heterocycles. The Balaban J connectivity index is 3.31. The van der Waals surface area contributed by atoms with Gasteiger partial charge in [0.15, 0.2) is 0 Å². The minimum atomic E-state index is -0.827. The Labute approximate surface area is 74.2 Å². The summed E-state index contributed by atoms with van der Waals surface area (Å²) in [6, 6.07) is 0. The van der Waals surface area contributed by atoms with E-state index in [4.69, 9.17) is 5.11 Å². The summed E-state index contributed by atoms with van der Waals surface area (Å²) in [5.41, 5.74) is 0. The van der Waals surface area contributed by atoms with Crippen LogP contribution in [0.5, 0.6) is 0 Å². The lowest BCUT2D eigenvalue weighted by Gasteiger charge is -2.08. The molecule has 0 spiro atoms. The zero-order chi connectivity index (χ0) is 9.40. The van der Waals surface area contributed by atoms with E-state index in [0.29, 0.717) is 13.0 Å².